The monoisotopic (exact) mass is 373 g/mol. The van der Waals surface area contributed by atoms with Crippen LogP contribution >= 0.6 is 0 Å². The van der Waals surface area contributed by atoms with Crippen LogP contribution in [-0.4, -0.2) is 43.9 Å². The van der Waals surface area contributed by atoms with E-state index >= 15 is 0 Å². The number of sulfone groups is 1. The average molecular weight is 373 g/mol. The molecule has 1 aromatic heterocycles. The van der Waals surface area contributed by atoms with E-state index in [4.69, 9.17) is 0 Å². The van der Waals surface area contributed by atoms with E-state index in [1.165, 1.54) is 5.56 Å². The van der Waals surface area contributed by atoms with E-state index < -0.39 is 9.84 Å². The molecular formula is C19H23N3O3S. The highest BCUT2D eigenvalue weighted by Crippen LogP contribution is 2.22. The molecule has 1 atom stereocenters. The molecular weight excluding hydrogens is 350 g/mol. The molecule has 1 N–H and O–H groups in total. The summed E-state index contributed by atoms with van der Waals surface area (Å²) in [5.74, 6) is 0.769. The molecule has 0 saturated carbocycles. The van der Waals surface area contributed by atoms with Crippen LogP contribution in [0.2, 0.25) is 0 Å². The summed E-state index contributed by atoms with van der Waals surface area (Å²) in [5.41, 5.74) is 2.72. The fourth-order valence-corrected chi connectivity index (χ4v) is 4.79. The van der Waals surface area contributed by atoms with E-state index in [0.29, 0.717) is 24.3 Å². The molecule has 26 heavy (non-hydrogen) atoms. The predicted molar refractivity (Wildman–Crippen MR) is 102 cm³/mol. The summed E-state index contributed by atoms with van der Waals surface area (Å²) < 4.78 is 23.4. The number of nitrogens with one attached hydrogen (secondary N) is 1. The van der Waals surface area contributed by atoms with E-state index in [1.807, 2.05) is 43.1 Å². The standard InChI is InChI=1S/C19H23N3O3S/c1-14-3-5-15(6-4-14)12-21-19(23)16-7-9-20-18(11-16)22(2)17-8-10-26(24,25)13-17/h3-7,9,11,17H,8,10,12-13H2,1-2H3,(H,21,23). The molecule has 7 heteroatoms. The number of rotatable bonds is 5. The minimum atomic E-state index is -2.97. The molecule has 1 fully saturated rings. The van der Waals surface area contributed by atoms with Crippen LogP contribution < -0.4 is 10.2 Å². The average Bonchev–Trinajstić information content (AvgIpc) is 3.00. The Bertz CT molecular complexity index is 895. The van der Waals surface area contributed by atoms with Crippen molar-refractivity contribution in [3.05, 3.63) is 59.3 Å². The zero-order valence-electron chi connectivity index (χ0n) is 15.0. The number of benzene rings is 1. The van der Waals surface area contributed by atoms with Crippen LogP contribution in [-0.2, 0) is 16.4 Å². The highest BCUT2D eigenvalue weighted by Gasteiger charge is 2.31. The largest absolute Gasteiger partial charge is 0.356 e. The highest BCUT2D eigenvalue weighted by atomic mass is 32.2. The number of hydrogen-bond acceptors (Lipinski definition) is 5. The summed E-state index contributed by atoms with van der Waals surface area (Å²) in [6.45, 7) is 2.47. The molecule has 0 bridgehead atoms. The lowest BCUT2D eigenvalue weighted by Crippen LogP contribution is -2.33. The van der Waals surface area contributed by atoms with Crippen molar-refractivity contribution in [3.63, 3.8) is 0 Å². The van der Waals surface area contributed by atoms with E-state index in [-0.39, 0.29) is 23.5 Å². The van der Waals surface area contributed by atoms with Gasteiger partial charge in [0, 0.05) is 31.4 Å². The lowest BCUT2D eigenvalue weighted by molar-refractivity contribution is 0.0951. The molecule has 2 heterocycles. The Morgan fingerprint density at radius 2 is 2.00 bits per heavy atom. The van der Waals surface area contributed by atoms with Crippen LogP contribution in [0, 0.1) is 6.92 Å². The first-order valence-electron chi connectivity index (χ1n) is 8.57. The van der Waals surface area contributed by atoms with Crippen LogP contribution in [0.1, 0.15) is 27.9 Å². The Morgan fingerprint density at radius 1 is 1.27 bits per heavy atom. The Labute approximate surface area is 154 Å². The number of pyridine rings is 1. The van der Waals surface area contributed by atoms with Gasteiger partial charge in [-0.1, -0.05) is 29.8 Å². The molecule has 1 unspecified atom stereocenters. The third-order valence-electron chi connectivity index (χ3n) is 4.70. The topological polar surface area (TPSA) is 79.4 Å². The predicted octanol–water partition coefficient (Wildman–Crippen LogP) is 1.94. The van der Waals surface area contributed by atoms with Gasteiger partial charge in [0.25, 0.3) is 5.91 Å². The lowest BCUT2D eigenvalue weighted by atomic mass is 10.1. The smallest absolute Gasteiger partial charge is 0.251 e. The fraction of sp³-hybridized carbons (Fsp3) is 0.368. The zero-order chi connectivity index (χ0) is 18.7. The van der Waals surface area contributed by atoms with Crippen LogP contribution in [0.4, 0.5) is 5.82 Å². The van der Waals surface area contributed by atoms with Crippen molar-refractivity contribution in [3.8, 4) is 0 Å². The van der Waals surface area contributed by atoms with Gasteiger partial charge in [0.05, 0.1) is 11.5 Å². The minimum absolute atomic E-state index is 0.0987. The molecule has 0 aliphatic carbocycles. The normalized spacial score (nSPS) is 18.5. The summed E-state index contributed by atoms with van der Waals surface area (Å²) in [6.07, 6.45) is 2.17. The van der Waals surface area contributed by atoms with Crippen molar-refractivity contribution >= 4 is 21.6 Å². The first-order chi connectivity index (χ1) is 12.3. The number of nitrogens with zero attached hydrogens (tertiary/aromatic N) is 2. The Kier molecular flexibility index (Phi) is 5.27. The highest BCUT2D eigenvalue weighted by molar-refractivity contribution is 7.91. The summed E-state index contributed by atoms with van der Waals surface area (Å²) >= 11 is 0. The molecule has 1 aromatic carbocycles. The second kappa shape index (κ2) is 7.45. The van der Waals surface area contributed by atoms with E-state index in [9.17, 15) is 13.2 Å². The first-order valence-corrected chi connectivity index (χ1v) is 10.4. The van der Waals surface area contributed by atoms with Gasteiger partial charge < -0.3 is 10.2 Å². The third kappa shape index (κ3) is 4.40. The van der Waals surface area contributed by atoms with Crippen molar-refractivity contribution in [2.24, 2.45) is 0 Å². The number of carbonyl (C=O) groups is 1. The molecule has 3 rings (SSSR count). The zero-order valence-corrected chi connectivity index (χ0v) is 15.8. The van der Waals surface area contributed by atoms with Gasteiger partial charge in [0.15, 0.2) is 9.84 Å². The van der Waals surface area contributed by atoms with Crippen LogP contribution in [0.3, 0.4) is 0 Å². The summed E-state index contributed by atoms with van der Waals surface area (Å²) in [4.78, 5) is 18.6. The maximum Gasteiger partial charge on any atom is 0.251 e. The molecule has 0 radical (unpaired) electrons. The minimum Gasteiger partial charge on any atom is -0.356 e. The first kappa shape index (κ1) is 18.4. The quantitative estimate of drug-likeness (QED) is 0.866. The van der Waals surface area contributed by atoms with Gasteiger partial charge in [-0.25, -0.2) is 13.4 Å². The molecule has 6 nitrogen and oxygen atoms in total. The lowest BCUT2D eigenvalue weighted by Gasteiger charge is -2.24. The second-order valence-electron chi connectivity index (χ2n) is 6.74. The van der Waals surface area contributed by atoms with Gasteiger partial charge in [-0.3, -0.25) is 4.79 Å². The summed E-state index contributed by atoms with van der Waals surface area (Å²) in [6, 6.07) is 11.3. The summed E-state index contributed by atoms with van der Waals surface area (Å²) in [7, 11) is -1.14. The van der Waals surface area contributed by atoms with Gasteiger partial charge in [0.2, 0.25) is 0 Å². The van der Waals surface area contributed by atoms with Gasteiger partial charge >= 0.3 is 0 Å². The molecule has 2 aromatic rings. The van der Waals surface area contributed by atoms with Crippen LogP contribution in [0.15, 0.2) is 42.6 Å². The van der Waals surface area contributed by atoms with Crippen molar-refractivity contribution in [2.75, 3.05) is 23.5 Å². The molecule has 1 amide bonds. The Balaban J connectivity index is 1.66. The van der Waals surface area contributed by atoms with Gasteiger partial charge in [-0.15, -0.1) is 0 Å². The van der Waals surface area contributed by atoms with Crippen molar-refractivity contribution in [2.45, 2.75) is 25.9 Å². The number of amides is 1. The number of anilines is 1. The SMILES string of the molecule is Cc1ccc(CNC(=O)c2ccnc(N(C)C3CCS(=O)(=O)C3)c2)cc1. The Morgan fingerprint density at radius 3 is 2.65 bits per heavy atom. The number of aromatic nitrogens is 1. The van der Waals surface area contributed by atoms with Crippen LogP contribution in [0.25, 0.3) is 0 Å². The van der Waals surface area contributed by atoms with E-state index in [0.717, 1.165) is 5.56 Å². The molecule has 138 valence electrons. The second-order valence-corrected chi connectivity index (χ2v) is 8.97. The van der Waals surface area contributed by atoms with E-state index in [1.54, 1.807) is 18.3 Å². The summed E-state index contributed by atoms with van der Waals surface area (Å²) in [5, 5.41) is 2.90. The number of hydrogen-bond donors (Lipinski definition) is 1. The molecule has 0 spiro atoms. The molecule has 1 aliphatic rings. The van der Waals surface area contributed by atoms with Gasteiger partial charge in [-0.2, -0.15) is 0 Å². The number of aryl methyl sites for hydroxylation is 1. The maximum atomic E-state index is 12.4. The third-order valence-corrected chi connectivity index (χ3v) is 6.45. The van der Waals surface area contributed by atoms with Crippen molar-refractivity contribution < 1.29 is 13.2 Å². The number of carbonyl (C=O) groups excluding carboxylic acids is 1. The van der Waals surface area contributed by atoms with Crippen molar-refractivity contribution in [1.82, 2.24) is 10.3 Å². The maximum absolute atomic E-state index is 12.4. The molecule has 1 aliphatic heterocycles. The van der Waals surface area contributed by atoms with E-state index in [2.05, 4.69) is 10.3 Å². The molecule has 1 saturated heterocycles. The fourth-order valence-electron chi connectivity index (χ4n) is 3.01. The van der Waals surface area contributed by atoms with Gasteiger partial charge in [-0.05, 0) is 31.0 Å². The van der Waals surface area contributed by atoms with Crippen LogP contribution in [0.5, 0.6) is 0 Å². The van der Waals surface area contributed by atoms with Crippen molar-refractivity contribution in [1.29, 1.82) is 0 Å². The van der Waals surface area contributed by atoms with Gasteiger partial charge in [0.1, 0.15) is 5.82 Å². The Hall–Kier alpha value is -2.41.